The molecule has 5 rings (SSSR count). The first kappa shape index (κ1) is 19.8. The van der Waals surface area contributed by atoms with Gasteiger partial charge >= 0.3 is 0 Å². The van der Waals surface area contributed by atoms with E-state index in [9.17, 15) is 4.79 Å². The summed E-state index contributed by atoms with van der Waals surface area (Å²) in [6.07, 6.45) is 3.75. The lowest BCUT2D eigenvalue weighted by Crippen LogP contribution is -2.14. The van der Waals surface area contributed by atoms with Gasteiger partial charge in [-0.05, 0) is 60.0 Å². The maximum absolute atomic E-state index is 12.6. The maximum Gasteiger partial charge on any atom is 0.259 e. The lowest BCUT2D eigenvalue weighted by molar-refractivity contribution is 0.0853. The van der Waals surface area contributed by atoms with Gasteiger partial charge in [-0.1, -0.05) is 41.9 Å². The number of hydrogen-bond donors (Lipinski definition) is 2. The second-order valence-corrected chi connectivity index (χ2v) is 8.15. The molecular weight excluding hydrogens is 410 g/mol. The van der Waals surface area contributed by atoms with Gasteiger partial charge in [0.2, 0.25) is 0 Å². The molecule has 2 aromatic heterocycles. The van der Waals surface area contributed by atoms with Crippen LogP contribution >= 0.6 is 11.6 Å². The van der Waals surface area contributed by atoms with Gasteiger partial charge in [0.25, 0.3) is 5.56 Å². The van der Waals surface area contributed by atoms with Crippen LogP contribution in [0.3, 0.4) is 0 Å². The zero-order valence-electron chi connectivity index (χ0n) is 16.9. The van der Waals surface area contributed by atoms with Crippen molar-refractivity contribution in [1.82, 2.24) is 9.97 Å². The number of ether oxygens (including phenoxy) is 1. The minimum atomic E-state index is -0.183. The van der Waals surface area contributed by atoms with Crippen molar-refractivity contribution in [2.24, 2.45) is 0 Å². The van der Waals surface area contributed by atoms with Crippen LogP contribution in [-0.2, 0) is 4.74 Å². The molecule has 1 aliphatic rings. The number of nitrogens with one attached hydrogen (secondary N) is 2. The van der Waals surface area contributed by atoms with E-state index in [2.05, 4.69) is 22.4 Å². The van der Waals surface area contributed by atoms with Crippen molar-refractivity contribution in [3.63, 3.8) is 0 Å². The summed E-state index contributed by atoms with van der Waals surface area (Å²) in [6, 6.07) is 19.7. The third kappa shape index (κ3) is 4.07. The van der Waals surface area contributed by atoms with Crippen LogP contribution in [0.1, 0.15) is 24.3 Å². The zero-order valence-corrected chi connectivity index (χ0v) is 17.7. The minimum Gasteiger partial charge on any atom is -0.381 e. The lowest BCUT2D eigenvalue weighted by atomic mass is 9.92. The third-order valence-corrected chi connectivity index (χ3v) is 6.10. The number of fused-ring (bicyclic) bond motifs is 1. The SMILES string of the molecule is O=c1[nH]ccc2cc(-c3ccccc3Cl)nc(Nc3ccc(C4CCOCC4)cc3)c12. The highest BCUT2D eigenvalue weighted by atomic mass is 35.5. The molecule has 0 radical (unpaired) electrons. The predicted octanol–water partition coefficient (Wildman–Crippen LogP) is 5.88. The average molecular weight is 432 g/mol. The van der Waals surface area contributed by atoms with E-state index < -0.39 is 0 Å². The van der Waals surface area contributed by atoms with E-state index in [0.717, 1.165) is 42.7 Å². The highest BCUT2D eigenvalue weighted by Crippen LogP contribution is 2.32. The van der Waals surface area contributed by atoms with E-state index in [-0.39, 0.29) is 5.56 Å². The number of anilines is 2. The Morgan fingerprint density at radius 1 is 1.03 bits per heavy atom. The molecular formula is C25H22ClN3O2. The molecule has 0 amide bonds. The van der Waals surface area contributed by atoms with Gasteiger partial charge in [-0.2, -0.15) is 0 Å². The number of rotatable bonds is 4. The summed E-state index contributed by atoms with van der Waals surface area (Å²) in [7, 11) is 0. The molecule has 1 fully saturated rings. The fourth-order valence-electron chi connectivity index (χ4n) is 4.12. The summed E-state index contributed by atoms with van der Waals surface area (Å²) < 4.78 is 5.47. The number of pyridine rings is 2. The van der Waals surface area contributed by atoms with Gasteiger partial charge in [-0.25, -0.2) is 4.98 Å². The summed E-state index contributed by atoms with van der Waals surface area (Å²) in [6.45, 7) is 1.64. The molecule has 2 aromatic carbocycles. The summed E-state index contributed by atoms with van der Waals surface area (Å²) in [5.74, 6) is 1.04. The Balaban J connectivity index is 1.54. The van der Waals surface area contributed by atoms with Crippen molar-refractivity contribution in [2.75, 3.05) is 18.5 Å². The Morgan fingerprint density at radius 3 is 2.58 bits per heavy atom. The van der Waals surface area contributed by atoms with Crippen LogP contribution in [0.25, 0.3) is 22.0 Å². The highest BCUT2D eigenvalue weighted by Gasteiger charge is 2.16. The van der Waals surface area contributed by atoms with Gasteiger partial charge in [0.15, 0.2) is 0 Å². The van der Waals surface area contributed by atoms with Gasteiger partial charge in [-0.3, -0.25) is 4.79 Å². The molecule has 0 atom stereocenters. The molecule has 31 heavy (non-hydrogen) atoms. The number of H-pyrrole nitrogens is 1. The number of halogens is 1. The molecule has 0 saturated carbocycles. The molecule has 0 bridgehead atoms. The summed E-state index contributed by atoms with van der Waals surface area (Å²) in [5, 5.41) is 5.29. The van der Waals surface area contributed by atoms with Crippen molar-refractivity contribution in [3.8, 4) is 11.3 Å². The van der Waals surface area contributed by atoms with Crippen LogP contribution in [-0.4, -0.2) is 23.2 Å². The van der Waals surface area contributed by atoms with Crippen LogP contribution in [0, 0.1) is 0 Å². The first-order valence-corrected chi connectivity index (χ1v) is 10.8. The van der Waals surface area contributed by atoms with Crippen molar-refractivity contribution in [1.29, 1.82) is 0 Å². The van der Waals surface area contributed by atoms with Gasteiger partial charge in [0.05, 0.1) is 11.1 Å². The number of nitrogens with zero attached hydrogens (tertiary/aromatic N) is 1. The first-order valence-electron chi connectivity index (χ1n) is 10.4. The molecule has 5 nitrogen and oxygen atoms in total. The minimum absolute atomic E-state index is 0.183. The standard InChI is InChI=1S/C25H22ClN3O2/c26-21-4-2-1-3-20(21)22-15-18-9-12-27-25(30)23(18)24(29-22)28-19-7-5-16(6-8-19)17-10-13-31-14-11-17/h1-9,12,15,17H,10-11,13-14H2,(H,27,30)(H,28,29). The van der Waals surface area contributed by atoms with Crippen LogP contribution in [0.5, 0.6) is 0 Å². The van der Waals surface area contributed by atoms with Crippen LogP contribution in [0.2, 0.25) is 5.02 Å². The largest absolute Gasteiger partial charge is 0.381 e. The Hall–Kier alpha value is -3.15. The number of hydrogen-bond acceptors (Lipinski definition) is 4. The van der Waals surface area contributed by atoms with Crippen LogP contribution in [0.4, 0.5) is 11.5 Å². The summed E-state index contributed by atoms with van der Waals surface area (Å²) in [5.41, 5.74) is 3.55. The Morgan fingerprint density at radius 2 is 1.81 bits per heavy atom. The predicted molar refractivity (Wildman–Crippen MR) is 125 cm³/mol. The van der Waals surface area contributed by atoms with Crippen molar-refractivity contribution >= 4 is 33.9 Å². The highest BCUT2D eigenvalue weighted by molar-refractivity contribution is 6.33. The number of aromatic nitrogens is 2. The van der Waals surface area contributed by atoms with E-state index in [0.29, 0.717) is 27.8 Å². The zero-order chi connectivity index (χ0) is 21.2. The van der Waals surface area contributed by atoms with E-state index in [4.69, 9.17) is 21.3 Å². The molecule has 0 spiro atoms. The molecule has 2 N–H and O–H groups in total. The molecule has 6 heteroatoms. The Kier molecular flexibility index (Phi) is 5.45. The number of aromatic amines is 1. The van der Waals surface area contributed by atoms with Gasteiger partial charge in [-0.15, -0.1) is 0 Å². The molecule has 4 aromatic rings. The van der Waals surface area contributed by atoms with Crippen LogP contribution in [0.15, 0.2) is 71.7 Å². The summed E-state index contributed by atoms with van der Waals surface area (Å²) in [4.78, 5) is 20.1. The Bertz CT molecular complexity index is 1280. The molecule has 1 aliphatic heterocycles. The average Bonchev–Trinajstić information content (AvgIpc) is 2.80. The smallest absolute Gasteiger partial charge is 0.259 e. The molecule has 0 aliphatic carbocycles. The normalized spacial score (nSPS) is 14.6. The van der Waals surface area contributed by atoms with E-state index in [1.165, 1.54) is 5.56 Å². The third-order valence-electron chi connectivity index (χ3n) is 5.77. The van der Waals surface area contributed by atoms with Gasteiger partial charge in [0, 0.05) is 35.7 Å². The lowest BCUT2D eigenvalue weighted by Gasteiger charge is -2.22. The van der Waals surface area contributed by atoms with Gasteiger partial charge < -0.3 is 15.0 Å². The Labute approximate surface area is 185 Å². The molecule has 156 valence electrons. The van der Waals surface area contributed by atoms with Gasteiger partial charge in [0.1, 0.15) is 5.82 Å². The van der Waals surface area contributed by atoms with Crippen molar-refractivity contribution in [2.45, 2.75) is 18.8 Å². The van der Waals surface area contributed by atoms with Crippen molar-refractivity contribution < 1.29 is 4.74 Å². The maximum atomic E-state index is 12.6. The van der Waals surface area contributed by atoms with E-state index in [1.807, 2.05) is 48.5 Å². The quantitative estimate of drug-likeness (QED) is 0.423. The number of benzene rings is 2. The first-order chi connectivity index (χ1) is 15.2. The second kappa shape index (κ2) is 8.53. The molecule has 3 heterocycles. The summed E-state index contributed by atoms with van der Waals surface area (Å²) >= 11 is 6.41. The fourth-order valence-corrected chi connectivity index (χ4v) is 4.35. The second-order valence-electron chi connectivity index (χ2n) is 7.74. The monoisotopic (exact) mass is 431 g/mol. The van der Waals surface area contributed by atoms with E-state index >= 15 is 0 Å². The molecule has 1 saturated heterocycles. The topological polar surface area (TPSA) is 67.0 Å². The van der Waals surface area contributed by atoms with Crippen LogP contribution < -0.4 is 10.9 Å². The molecule has 0 unspecified atom stereocenters. The van der Waals surface area contributed by atoms with E-state index in [1.54, 1.807) is 6.20 Å². The van der Waals surface area contributed by atoms with Crippen molar-refractivity contribution in [3.05, 3.63) is 87.8 Å². The fraction of sp³-hybridized carbons (Fsp3) is 0.200.